The van der Waals surface area contributed by atoms with Crippen molar-refractivity contribution in [3.05, 3.63) is 53.1 Å². The van der Waals surface area contributed by atoms with Gasteiger partial charge < -0.3 is 14.6 Å². The molecule has 0 bridgehead atoms. The Kier molecular flexibility index (Phi) is 8.42. The molecule has 1 saturated heterocycles. The SMILES string of the molecule is CC.CCN(CC)Cc1cc(-c2nc3ccc(C(=O)N4CCOCC4)cc3[nH]2)ccc1C. The van der Waals surface area contributed by atoms with E-state index in [1.165, 1.54) is 11.1 Å². The number of carbonyl (C=O) groups excluding carboxylic acids is 1. The van der Waals surface area contributed by atoms with Crippen LogP contribution in [0.1, 0.15) is 49.2 Å². The molecule has 1 amide bonds. The van der Waals surface area contributed by atoms with Crippen LogP contribution in [0.4, 0.5) is 0 Å². The summed E-state index contributed by atoms with van der Waals surface area (Å²) < 4.78 is 5.35. The Morgan fingerprint density at radius 3 is 2.50 bits per heavy atom. The molecule has 172 valence electrons. The van der Waals surface area contributed by atoms with Crippen LogP contribution in [0.25, 0.3) is 22.4 Å². The van der Waals surface area contributed by atoms with Gasteiger partial charge in [0, 0.05) is 30.8 Å². The molecule has 1 N–H and O–H groups in total. The third-order valence-electron chi connectivity index (χ3n) is 5.94. The lowest BCUT2D eigenvalue weighted by Gasteiger charge is -2.26. The van der Waals surface area contributed by atoms with E-state index >= 15 is 0 Å². The summed E-state index contributed by atoms with van der Waals surface area (Å²) in [5.74, 6) is 0.884. The summed E-state index contributed by atoms with van der Waals surface area (Å²) in [7, 11) is 0. The molecule has 0 atom stereocenters. The van der Waals surface area contributed by atoms with Crippen molar-refractivity contribution in [2.24, 2.45) is 0 Å². The van der Waals surface area contributed by atoms with Gasteiger partial charge in [-0.1, -0.05) is 39.8 Å². The molecule has 4 rings (SSSR count). The number of hydrogen-bond acceptors (Lipinski definition) is 4. The van der Waals surface area contributed by atoms with Gasteiger partial charge in [-0.25, -0.2) is 4.98 Å². The third-order valence-corrected chi connectivity index (χ3v) is 5.94. The zero-order chi connectivity index (χ0) is 23.1. The fourth-order valence-corrected chi connectivity index (χ4v) is 3.91. The first-order chi connectivity index (χ1) is 15.6. The normalized spacial score (nSPS) is 13.9. The van der Waals surface area contributed by atoms with E-state index in [0.717, 1.165) is 42.1 Å². The maximum absolute atomic E-state index is 12.8. The average Bonchev–Trinajstić information content (AvgIpc) is 3.28. The van der Waals surface area contributed by atoms with Gasteiger partial charge in [0.2, 0.25) is 0 Å². The van der Waals surface area contributed by atoms with E-state index in [2.05, 4.69) is 48.9 Å². The Morgan fingerprint density at radius 1 is 1.09 bits per heavy atom. The van der Waals surface area contributed by atoms with Gasteiger partial charge in [-0.05, 0) is 55.4 Å². The third kappa shape index (κ3) is 5.37. The molecule has 1 aliphatic heterocycles. The van der Waals surface area contributed by atoms with Crippen molar-refractivity contribution in [2.75, 3.05) is 39.4 Å². The van der Waals surface area contributed by atoms with Gasteiger partial charge in [-0.3, -0.25) is 9.69 Å². The Labute approximate surface area is 191 Å². The predicted octanol–water partition coefficient (Wildman–Crippen LogP) is 4.88. The molecule has 3 aromatic rings. The summed E-state index contributed by atoms with van der Waals surface area (Å²) in [4.78, 5) is 25.2. The minimum Gasteiger partial charge on any atom is -0.378 e. The van der Waals surface area contributed by atoms with Gasteiger partial charge >= 0.3 is 0 Å². The fourth-order valence-electron chi connectivity index (χ4n) is 3.91. The van der Waals surface area contributed by atoms with Crippen LogP contribution in [0.3, 0.4) is 0 Å². The number of benzene rings is 2. The van der Waals surface area contributed by atoms with Crippen molar-refractivity contribution >= 4 is 16.9 Å². The number of fused-ring (bicyclic) bond motifs is 1. The van der Waals surface area contributed by atoms with Gasteiger partial charge in [0.15, 0.2) is 0 Å². The molecule has 1 aliphatic rings. The number of carbonyl (C=O) groups is 1. The molecule has 32 heavy (non-hydrogen) atoms. The number of rotatable bonds is 6. The molecule has 1 fully saturated rings. The van der Waals surface area contributed by atoms with Crippen molar-refractivity contribution in [3.8, 4) is 11.4 Å². The van der Waals surface area contributed by atoms with Crippen LogP contribution in [0.2, 0.25) is 0 Å². The quantitative estimate of drug-likeness (QED) is 0.598. The van der Waals surface area contributed by atoms with Crippen molar-refractivity contribution in [3.63, 3.8) is 0 Å². The van der Waals surface area contributed by atoms with E-state index in [1.807, 2.05) is 36.9 Å². The number of nitrogens with one attached hydrogen (secondary N) is 1. The van der Waals surface area contributed by atoms with E-state index in [-0.39, 0.29) is 5.91 Å². The Bertz CT molecular complexity index is 1030. The highest BCUT2D eigenvalue weighted by Crippen LogP contribution is 2.25. The standard InChI is InChI=1S/C24H30N4O2.C2H6/c1-4-27(5-2)16-20-14-18(7-6-17(20)3)23-25-21-9-8-19(15-22(21)26-23)24(29)28-10-12-30-13-11-28;1-2/h6-9,14-15H,4-5,10-13,16H2,1-3H3,(H,25,26);1-2H3. The van der Waals surface area contributed by atoms with Crippen molar-refractivity contribution < 1.29 is 9.53 Å². The van der Waals surface area contributed by atoms with Crippen LogP contribution in [-0.2, 0) is 11.3 Å². The maximum atomic E-state index is 12.8. The van der Waals surface area contributed by atoms with Gasteiger partial charge in [0.25, 0.3) is 5.91 Å². The number of H-pyrrole nitrogens is 1. The van der Waals surface area contributed by atoms with E-state index in [9.17, 15) is 4.79 Å². The average molecular weight is 437 g/mol. The molecule has 0 unspecified atom stereocenters. The summed E-state index contributed by atoms with van der Waals surface area (Å²) in [5.41, 5.74) is 6.12. The molecule has 6 nitrogen and oxygen atoms in total. The second-order valence-corrected chi connectivity index (χ2v) is 7.82. The molecule has 0 spiro atoms. The van der Waals surface area contributed by atoms with Gasteiger partial charge in [-0.2, -0.15) is 0 Å². The number of morpholine rings is 1. The molecular weight excluding hydrogens is 400 g/mol. The number of imidazole rings is 1. The lowest BCUT2D eigenvalue weighted by molar-refractivity contribution is 0.0303. The van der Waals surface area contributed by atoms with E-state index < -0.39 is 0 Å². The molecule has 6 heteroatoms. The number of aromatic nitrogens is 2. The zero-order valence-corrected chi connectivity index (χ0v) is 20.1. The van der Waals surface area contributed by atoms with Crippen LogP contribution in [0, 0.1) is 6.92 Å². The maximum Gasteiger partial charge on any atom is 0.254 e. The molecule has 2 heterocycles. The topological polar surface area (TPSA) is 61.5 Å². The predicted molar refractivity (Wildman–Crippen MR) is 131 cm³/mol. The Hall–Kier alpha value is -2.70. The number of aryl methyl sites for hydroxylation is 1. The summed E-state index contributed by atoms with van der Waals surface area (Å²) >= 11 is 0. The van der Waals surface area contributed by atoms with Gasteiger partial charge in [0.1, 0.15) is 5.82 Å². The number of hydrogen-bond donors (Lipinski definition) is 1. The minimum atomic E-state index is 0.0493. The van der Waals surface area contributed by atoms with Crippen molar-refractivity contribution in [1.82, 2.24) is 19.8 Å². The second-order valence-electron chi connectivity index (χ2n) is 7.82. The Morgan fingerprint density at radius 2 is 1.81 bits per heavy atom. The fraction of sp³-hybridized carbons (Fsp3) is 0.462. The highest BCUT2D eigenvalue weighted by Gasteiger charge is 2.19. The van der Waals surface area contributed by atoms with Crippen LogP contribution < -0.4 is 0 Å². The molecule has 2 aromatic carbocycles. The van der Waals surface area contributed by atoms with Crippen molar-refractivity contribution in [1.29, 1.82) is 0 Å². The number of amides is 1. The highest BCUT2D eigenvalue weighted by atomic mass is 16.5. The van der Waals surface area contributed by atoms with Crippen LogP contribution in [-0.4, -0.2) is 65.1 Å². The van der Waals surface area contributed by atoms with Gasteiger partial charge in [-0.15, -0.1) is 0 Å². The molecule has 0 radical (unpaired) electrons. The summed E-state index contributed by atoms with van der Waals surface area (Å²) in [6.07, 6.45) is 0. The lowest BCUT2D eigenvalue weighted by Crippen LogP contribution is -2.40. The first-order valence-electron chi connectivity index (χ1n) is 11.8. The number of aromatic amines is 1. The second kappa shape index (κ2) is 11.2. The first kappa shape index (κ1) is 24.0. The van der Waals surface area contributed by atoms with E-state index in [4.69, 9.17) is 9.72 Å². The van der Waals surface area contributed by atoms with Crippen LogP contribution in [0.5, 0.6) is 0 Å². The molecule has 0 saturated carbocycles. The van der Waals surface area contributed by atoms with Crippen LogP contribution >= 0.6 is 0 Å². The number of ether oxygens (including phenoxy) is 1. The summed E-state index contributed by atoms with van der Waals surface area (Å²) in [6, 6.07) is 12.2. The highest BCUT2D eigenvalue weighted by molar-refractivity contribution is 5.97. The van der Waals surface area contributed by atoms with Crippen molar-refractivity contribution in [2.45, 2.75) is 41.2 Å². The molecule has 0 aliphatic carbocycles. The number of nitrogens with zero attached hydrogens (tertiary/aromatic N) is 3. The lowest BCUT2D eigenvalue weighted by atomic mass is 10.0. The largest absolute Gasteiger partial charge is 0.378 e. The monoisotopic (exact) mass is 436 g/mol. The Balaban J connectivity index is 0.00000141. The molecule has 1 aromatic heterocycles. The smallest absolute Gasteiger partial charge is 0.254 e. The zero-order valence-electron chi connectivity index (χ0n) is 20.1. The van der Waals surface area contributed by atoms with Crippen LogP contribution in [0.15, 0.2) is 36.4 Å². The van der Waals surface area contributed by atoms with E-state index in [0.29, 0.717) is 31.9 Å². The molecular formula is C26H36N4O2. The van der Waals surface area contributed by atoms with E-state index in [1.54, 1.807) is 0 Å². The van der Waals surface area contributed by atoms with Gasteiger partial charge in [0.05, 0.1) is 24.2 Å². The summed E-state index contributed by atoms with van der Waals surface area (Å²) in [6.45, 7) is 16.0. The first-order valence-corrected chi connectivity index (χ1v) is 11.8. The minimum absolute atomic E-state index is 0.0493. The summed E-state index contributed by atoms with van der Waals surface area (Å²) in [5, 5.41) is 0.